The minimum Gasteiger partial charge on any atom is -0.480 e. The van der Waals surface area contributed by atoms with E-state index in [0.717, 1.165) is 0 Å². The Kier molecular flexibility index (Phi) is 4.34. The summed E-state index contributed by atoms with van der Waals surface area (Å²) in [6.45, 7) is 6.06. The Hall–Kier alpha value is -1.30. The van der Waals surface area contributed by atoms with Gasteiger partial charge in [0.2, 0.25) is 0 Å². The lowest BCUT2D eigenvalue weighted by Crippen LogP contribution is -2.47. The van der Waals surface area contributed by atoms with Gasteiger partial charge in [-0.15, -0.1) is 0 Å². The molecule has 0 bridgehead atoms. The fraction of sp³-hybridized carbons (Fsp3) is 0.818. The Morgan fingerprint density at radius 2 is 2.12 bits per heavy atom. The van der Waals surface area contributed by atoms with E-state index in [1.807, 2.05) is 0 Å². The van der Waals surface area contributed by atoms with Crippen molar-refractivity contribution in [2.75, 3.05) is 13.2 Å². The summed E-state index contributed by atoms with van der Waals surface area (Å²) in [6.07, 6.45) is -0.0796. The molecule has 1 amide bonds. The van der Waals surface area contributed by atoms with Gasteiger partial charge in [-0.05, 0) is 27.2 Å². The zero-order valence-corrected chi connectivity index (χ0v) is 10.4. The summed E-state index contributed by atoms with van der Waals surface area (Å²) in [4.78, 5) is 22.6. The minimum absolute atomic E-state index is 0.194. The maximum atomic E-state index is 11.5. The van der Waals surface area contributed by atoms with E-state index >= 15 is 0 Å². The van der Waals surface area contributed by atoms with Crippen molar-refractivity contribution < 1.29 is 24.2 Å². The Morgan fingerprint density at radius 3 is 2.53 bits per heavy atom. The number of carbonyl (C=O) groups excluding carboxylic acids is 1. The van der Waals surface area contributed by atoms with Crippen LogP contribution in [0.25, 0.3) is 0 Å². The minimum atomic E-state index is -1.06. The molecule has 2 N–H and O–H groups in total. The van der Waals surface area contributed by atoms with Crippen molar-refractivity contribution in [1.29, 1.82) is 0 Å². The molecule has 1 aliphatic heterocycles. The summed E-state index contributed by atoms with van der Waals surface area (Å²) in [5.74, 6) is -1.26. The first kappa shape index (κ1) is 13.8. The van der Waals surface area contributed by atoms with Crippen LogP contribution in [0.5, 0.6) is 0 Å². The highest BCUT2D eigenvalue weighted by Crippen LogP contribution is 2.17. The fourth-order valence-corrected chi connectivity index (χ4v) is 1.63. The number of nitrogens with one attached hydrogen (secondary N) is 1. The van der Waals surface area contributed by atoms with Crippen LogP contribution in [-0.4, -0.2) is 42.0 Å². The quantitative estimate of drug-likeness (QED) is 0.774. The third-order valence-corrected chi connectivity index (χ3v) is 2.37. The maximum absolute atomic E-state index is 11.5. The van der Waals surface area contributed by atoms with E-state index in [2.05, 4.69) is 5.32 Å². The molecule has 1 rings (SSSR count). The van der Waals surface area contributed by atoms with Gasteiger partial charge in [0.15, 0.2) is 0 Å². The van der Waals surface area contributed by atoms with Gasteiger partial charge in [0.25, 0.3) is 0 Å². The monoisotopic (exact) mass is 245 g/mol. The lowest BCUT2D eigenvalue weighted by atomic mass is 9.99. The van der Waals surface area contributed by atoms with Crippen LogP contribution in [0.2, 0.25) is 0 Å². The Morgan fingerprint density at radius 1 is 1.47 bits per heavy atom. The molecule has 0 aliphatic carbocycles. The third-order valence-electron chi connectivity index (χ3n) is 2.37. The average Bonchev–Trinajstić information content (AvgIpc) is 2.63. The molecule has 6 heteroatoms. The van der Waals surface area contributed by atoms with Crippen molar-refractivity contribution in [3.63, 3.8) is 0 Å². The molecule has 0 unspecified atom stereocenters. The van der Waals surface area contributed by atoms with Crippen molar-refractivity contribution in [1.82, 2.24) is 5.32 Å². The number of hydrogen-bond donors (Lipinski definition) is 2. The lowest BCUT2D eigenvalue weighted by Gasteiger charge is -2.24. The molecule has 1 fully saturated rings. The highest BCUT2D eigenvalue weighted by Gasteiger charge is 2.33. The molecule has 1 heterocycles. The molecule has 98 valence electrons. The molecule has 0 aromatic carbocycles. The SMILES string of the molecule is CC(C)(C)OC(=O)N[C@H](C(=O)O)[C@@H]1CCOC1. The normalized spacial score (nSPS) is 21.9. The molecule has 1 aliphatic rings. The molecule has 0 saturated carbocycles. The number of carboxylic acid groups (broad SMARTS) is 1. The van der Waals surface area contributed by atoms with Crippen molar-refractivity contribution in [2.24, 2.45) is 5.92 Å². The Balaban J connectivity index is 2.55. The fourth-order valence-electron chi connectivity index (χ4n) is 1.63. The zero-order chi connectivity index (χ0) is 13.1. The van der Waals surface area contributed by atoms with E-state index < -0.39 is 23.7 Å². The summed E-state index contributed by atoms with van der Waals surface area (Å²) < 4.78 is 10.1. The summed E-state index contributed by atoms with van der Waals surface area (Å²) in [7, 11) is 0. The van der Waals surface area contributed by atoms with Crippen molar-refractivity contribution >= 4 is 12.1 Å². The number of alkyl carbamates (subject to hydrolysis) is 1. The second-order valence-electron chi connectivity index (χ2n) is 5.09. The van der Waals surface area contributed by atoms with Gasteiger partial charge in [-0.25, -0.2) is 9.59 Å². The average molecular weight is 245 g/mol. The van der Waals surface area contributed by atoms with Crippen LogP contribution >= 0.6 is 0 Å². The number of amides is 1. The van der Waals surface area contributed by atoms with Crippen LogP contribution in [0.1, 0.15) is 27.2 Å². The molecule has 0 radical (unpaired) electrons. The van der Waals surface area contributed by atoms with Crippen LogP contribution < -0.4 is 5.32 Å². The number of ether oxygens (including phenoxy) is 2. The van der Waals surface area contributed by atoms with Gasteiger partial charge >= 0.3 is 12.1 Å². The summed E-state index contributed by atoms with van der Waals surface area (Å²) in [6, 6.07) is -0.952. The molecule has 1 saturated heterocycles. The predicted octanol–water partition coefficient (Wildman–Crippen LogP) is 1.00. The predicted molar refractivity (Wildman–Crippen MR) is 59.7 cm³/mol. The van der Waals surface area contributed by atoms with Crippen LogP contribution in [-0.2, 0) is 14.3 Å². The van der Waals surface area contributed by atoms with Crippen molar-refractivity contribution in [3.05, 3.63) is 0 Å². The van der Waals surface area contributed by atoms with Gasteiger partial charge in [0, 0.05) is 12.5 Å². The van der Waals surface area contributed by atoms with Gasteiger partial charge in [-0.2, -0.15) is 0 Å². The molecule has 0 aromatic heterocycles. The zero-order valence-electron chi connectivity index (χ0n) is 10.4. The molecule has 2 atom stereocenters. The van der Waals surface area contributed by atoms with Crippen LogP contribution in [0.15, 0.2) is 0 Å². The van der Waals surface area contributed by atoms with Gasteiger partial charge in [0.05, 0.1) is 6.61 Å². The van der Waals surface area contributed by atoms with Crippen molar-refractivity contribution in [3.8, 4) is 0 Å². The molecule has 0 aromatic rings. The van der Waals surface area contributed by atoms with Gasteiger partial charge in [0.1, 0.15) is 11.6 Å². The standard InChI is InChI=1S/C11H19NO5/c1-11(2,3)17-10(15)12-8(9(13)14)7-4-5-16-6-7/h7-8H,4-6H2,1-3H3,(H,12,15)(H,13,14)/t7-,8+/m1/s1. The lowest BCUT2D eigenvalue weighted by molar-refractivity contribution is -0.141. The van der Waals surface area contributed by atoms with E-state index in [1.165, 1.54) is 0 Å². The van der Waals surface area contributed by atoms with Crippen LogP contribution in [0, 0.1) is 5.92 Å². The topological polar surface area (TPSA) is 84.9 Å². The van der Waals surface area contributed by atoms with E-state index in [9.17, 15) is 9.59 Å². The van der Waals surface area contributed by atoms with E-state index in [-0.39, 0.29) is 5.92 Å². The maximum Gasteiger partial charge on any atom is 0.408 e. The van der Waals surface area contributed by atoms with Crippen molar-refractivity contribution in [2.45, 2.75) is 38.8 Å². The summed E-state index contributed by atoms with van der Waals surface area (Å²) >= 11 is 0. The number of carboxylic acids is 1. The molecule has 6 nitrogen and oxygen atoms in total. The van der Waals surface area contributed by atoms with Crippen LogP contribution in [0.4, 0.5) is 4.79 Å². The van der Waals surface area contributed by atoms with E-state index in [0.29, 0.717) is 19.6 Å². The summed E-state index contributed by atoms with van der Waals surface area (Å²) in [5.41, 5.74) is -0.640. The first-order valence-corrected chi connectivity index (χ1v) is 5.59. The number of hydrogen-bond acceptors (Lipinski definition) is 4. The third kappa shape index (κ3) is 4.60. The Labute approximate surface area is 100 Å². The molecule has 0 spiro atoms. The van der Waals surface area contributed by atoms with Crippen LogP contribution in [0.3, 0.4) is 0 Å². The van der Waals surface area contributed by atoms with Gasteiger partial charge < -0.3 is 19.9 Å². The van der Waals surface area contributed by atoms with Gasteiger partial charge in [-0.3, -0.25) is 0 Å². The molecular weight excluding hydrogens is 226 g/mol. The number of carbonyl (C=O) groups is 2. The first-order chi connectivity index (χ1) is 7.79. The number of aliphatic carboxylic acids is 1. The first-order valence-electron chi connectivity index (χ1n) is 5.59. The highest BCUT2D eigenvalue weighted by atomic mass is 16.6. The van der Waals surface area contributed by atoms with E-state index in [4.69, 9.17) is 14.6 Å². The molecule has 17 heavy (non-hydrogen) atoms. The Bertz CT molecular complexity index is 291. The number of rotatable bonds is 3. The second kappa shape index (κ2) is 5.35. The highest BCUT2D eigenvalue weighted by molar-refractivity contribution is 5.80. The largest absolute Gasteiger partial charge is 0.480 e. The summed E-state index contributed by atoms with van der Waals surface area (Å²) in [5, 5.41) is 11.4. The van der Waals surface area contributed by atoms with E-state index in [1.54, 1.807) is 20.8 Å². The molecular formula is C11H19NO5. The smallest absolute Gasteiger partial charge is 0.408 e. The second-order valence-corrected chi connectivity index (χ2v) is 5.09. The van der Waals surface area contributed by atoms with Gasteiger partial charge in [-0.1, -0.05) is 0 Å².